The Morgan fingerprint density at radius 1 is 1.07 bits per heavy atom. The molecule has 0 aliphatic heterocycles. The van der Waals surface area contributed by atoms with Gasteiger partial charge in [-0.2, -0.15) is 0 Å². The van der Waals surface area contributed by atoms with E-state index >= 15 is 0 Å². The standard InChI is InChI=1S/C10H11NO2S/c1-3-11(4-2)14(12,13)10-8-6-5-7-9-10/h3-9H,1-2H2. The number of hydrogen-bond acceptors (Lipinski definition) is 2. The van der Waals surface area contributed by atoms with Crippen LogP contribution in [-0.4, -0.2) is 12.7 Å². The summed E-state index contributed by atoms with van der Waals surface area (Å²) in [5, 5.41) is 0. The maximum atomic E-state index is 11.8. The summed E-state index contributed by atoms with van der Waals surface area (Å²) in [4.78, 5) is 0.222. The molecule has 0 aliphatic rings. The first-order chi connectivity index (χ1) is 6.62. The quantitative estimate of drug-likeness (QED) is 0.760. The van der Waals surface area contributed by atoms with Gasteiger partial charge in [-0.15, -0.1) is 0 Å². The van der Waals surface area contributed by atoms with E-state index in [4.69, 9.17) is 0 Å². The lowest BCUT2D eigenvalue weighted by atomic mass is 10.4. The highest BCUT2D eigenvalue weighted by molar-refractivity contribution is 7.89. The molecule has 0 fully saturated rings. The SMILES string of the molecule is C=CN(C=C)S(=O)(=O)c1ccccc1. The van der Waals surface area contributed by atoms with Gasteiger partial charge in [-0.05, 0) is 12.1 Å². The van der Waals surface area contributed by atoms with Crippen LogP contribution in [0.15, 0.2) is 60.8 Å². The van der Waals surface area contributed by atoms with Crippen LogP contribution >= 0.6 is 0 Å². The monoisotopic (exact) mass is 209 g/mol. The van der Waals surface area contributed by atoms with Gasteiger partial charge in [0.15, 0.2) is 0 Å². The summed E-state index contributed by atoms with van der Waals surface area (Å²) in [6, 6.07) is 8.13. The second-order valence-corrected chi connectivity index (χ2v) is 4.36. The summed E-state index contributed by atoms with van der Waals surface area (Å²) in [7, 11) is -3.50. The van der Waals surface area contributed by atoms with Crippen LogP contribution in [0.1, 0.15) is 0 Å². The third-order valence-corrected chi connectivity index (χ3v) is 3.40. The van der Waals surface area contributed by atoms with Gasteiger partial charge in [-0.3, -0.25) is 4.31 Å². The van der Waals surface area contributed by atoms with Gasteiger partial charge in [0.2, 0.25) is 0 Å². The third-order valence-electron chi connectivity index (χ3n) is 1.68. The Hall–Kier alpha value is -1.55. The average Bonchev–Trinajstić information content (AvgIpc) is 2.20. The molecule has 0 saturated heterocycles. The predicted octanol–water partition coefficient (Wildman–Crippen LogP) is 1.96. The Morgan fingerprint density at radius 3 is 2.00 bits per heavy atom. The van der Waals surface area contributed by atoms with Gasteiger partial charge in [0, 0.05) is 12.4 Å². The molecule has 14 heavy (non-hydrogen) atoms. The van der Waals surface area contributed by atoms with Gasteiger partial charge in [0.05, 0.1) is 4.90 Å². The molecular formula is C10H11NO2S. The molecule has 0 spiro atoms. The van der Waals surface area contributed by atoms with Crippen molar-refractivity contribution in [2.24, 2.45) is 0 Å². The lowest BCUT2D eigenvalue weighted by Crippen LogP contribution is -2.19. The molecule has 0 aromatic heterocycles. The second-order valence-electron chi connectivity index (χ2n) is 2.51. The van der Waals surface area contributed by atoms with E-state index < -0.39 is 10.0 Å². The van der Waals surface area contributed by atoms with Crippen LogP contribution < -0.4 is 0 Å². The molecule has 0 saturated carbocycles. The number of rotatable bonds is 4. The van der Waals surface area contributed by atoms with E-state index in [-0.39, 0.29) is 4.90 Å². The van der Waals surface area contributed by atoms with Crippen molar-refractivity contribution in [3.63, 3.8) is 0 Å². The molecule has 0 N–H and O–H groups in total. The minimum atomic E-state index is -3.50. The van der Waals surface area contributed by atoms with Crippen LogP contribution in [0, 0.1) is 0 Å². The van der Waals surface area contributed by atoms with E-state index in [0.717, 1.165) is 4.31 Å². The summed E-state index contributed by atoms with van der Waals surface area (Å²) >= 11 is 0. The zero-order valence-corrected chi connectivity index (χ0v) is 8.44. The van der Waals surface area contributed by atoms with Gasteiger partial charge < -0.3 is 0 Å². The molecule has 1 rings (SSSR count). The van der Waals surface area contributed by atoms with Crippen LogP contribution in [0.2, 0.25) is 0 Å². The molecule has 1 aromatic carbocycles. The minimum Gasteiger partial charge on any atom is -0.250 e. The van der Waals surface area contributed by atoms with E-state index in [1.807, 2.05) is 0 Å². The summed E-state index contributed by atoms with van der Waals surface area (Å²) in [5.74, 6) is 0. The van der Waals surface area contributed by atoms with Crippen molar-refractivity contribution in [3.8, 4) is 0 Å². The fourth-order valence-electron chi connectivity index (χ4n) is 0.985. The van der Waals surface area contributed by atoms with Crippen LogP contribution in [0.4, 0.5) is 0 Å². The normalized spacial score (nSPS) is 10.6. The topological polar surface area (TPSA) is 37.4 Å². The molecule has 0 amide bonds. The zero-order chi connectivity index (χ0) is 10.6. The van der Waals surface area contributed by atoms with Crippen LogP contribution in [0.3, 0.4) is 0 Å². The molecular weight excluding hydrogens is 198 g/mol. The van der Waals surface area contributed by atoms with Crippen molar-refractivity contribution in [2.75, 3.05) is 0 Å². The zero-order valence-electron chi connectivity index (χ0n) is 7.63. The largest absolute Gasteiger partial charge is 0.267 e. The Labute approximate surface area is 84.0 Å². The molecule has 4 heteroatoms. The molecule has 0 heterocycles. The molecule has 74 valence electrons. The molecule has 0 unspecified atom stereocenters. The highest BCUT2D eigenvalue weighted by Gasteiger charge is 2.17. The molecule has 0 aliphatic carbocycles. The molecule has 0 atom stereocenters. The maximum Gasteiger partial charge on any atom is 0.267 e. The lowest BCUT2D eigenvalue weighted by molar-refractivity contribution is 0.553. The molecule has 1 aromatic rings. The van der Waals surface area contributed by atoms with Crippen LogP contribution in [0.5, 0.6) is 0 Å². The van der Waals surface area contributed by atoms with Gasteiger partial charge in [-0.1, -0.05) is 31.4 Å². The van der Waals surface area contributed by atoms with Crippen molar-refractivity contribution < 1.29 is 8.42 Å². The van der Waals surface area contributed by atoms with E-state index in [9.17, 15) is 8.42 Å². The van der Waals surface area contributed by atoms with Gasteiger partial charge >= 0.3 is 0 Å². The molecule has 0 radical (unpaired) electrons. The van der Waals surface area contributed by atoms with Crippen molar-refractivity contribution in [3.05, 3.63) is 55.9 Å². The summed E-state index contributed by atoms with van der Waals surface area (Å²) in [6.07, 6.45) is 2.41. The van der Waals surface area contributed by atoms with E-state index in [0.29, 0.717) is 0 Å². The third kappa shape index (κ3) is 1.85. The highest BCUT2D eigenvalue weighted by atomic mass is 32.2. The smallest absolute Gasteiger partial charge is 0.250 e. The fourth-order valence-corrected chi connectivity index (χ4v) is 2.12. The maximum absolute atomic E-state index is 11.8. The summed E-state index contributed by atoms with van der Waals surface area (Å²) < 4.78 is 24.5. The minimum absolute atomic E-state index is 0.222. The first-order valence-corrected chi connectivity index (χ1v) is 5.40. The molecule has 3 nitrogen and oxygen atoms in total. The highest BCUT2D eigenvalue weighted by Crippen LogP contribution is 2.14. The van der Waals surface area contributed by atoms with E-state index in [1.165, 1.54) is 24.5 Å². The predicted molar refractivity (Wildman–Crippen MR) is 55.9 cm³/mol. The Kier molecular flexibility index (Phi) is 3.09. The summed E-state index contributed by atoms with van der Waals surface area (Å²) in [6.45, 7) is 6.80. The summed E-state index contributed by atoms with van der Waals surface area (Å²) in [5.41, 5.74) is 0. The fraction of sp³-hybridized carbons (Fsp3) is 0. The number of sulfonamides is 1. The Morgan fingerprint density at radius 2 is 1.57 bits per heavy atom. The Bertz CT molecular complexity index is 415. The number of benzene rings is 1. The number of hydrogen-bond donors (Lipinski definition) is 0. The van der Waals surface area contributed by atoms with Crippen molar-refractivity contribution in [2.45, 2.75) is 4.90 Å². The van der Waals surface area contributed by atoms with Gasteiger partial charge in [-0.25, -0.2) is 8.42 Å². The van der Waals surface area contributed by atoms with Gasteiger partial charge in [0.25, 0.3) is 10.0 Å². The van der Waals surface area contributed by atoms with Crippen molar-refractivity contribution >= 4 is 10.0 Å². The Balaban J connectivity index is 3.21. The van der Waals surface area contributed by atoms with Crippen molar-refractivity contribution in [1.29, 1.82) is 0 Å². The lowest BCUT2D eigenvalue weighted by Gasteiger charge is -2.14. The molecule has 0 bridgehead atoms. The van der Waals surface area contributed by atoms with E-state index in [1.54, 1.807) is 18.2 Å². The number of nitrogens with zero attached hydrogens (tertiary/aromatic N) is 1. The second kappa shape index (κ2) is 4.11. The van der Waals surface area contributed by atoms with Crippen LogP contribution in [0.25, 0.3) is 0 Å². The average molecular weight is 209 g/mol. The van der Waals surface area contributed by atoms with Gasteiger partial charge in [0.1, 0.15) is 0 Å². The van der Waals surface area contributed by atoms with Crippen LogP contribution in [-0.2, 0) is 10.0 Å². The first kappa shape index (κ1) is 10.5. The first-order valence-electron chi connectivity index (χ1n) is 3.96. The van der Waals surface area contributed by atoms with E-state index in [2.05, 4.69) is 13.2 Å². The van der Waals surface area contributed by atoms with Crippen molar-refractivity contribution in [1.82, 2.24) is 4.31 Å².